The van der Waals surface area contributed by atoms with Gasteiger partial charge < -0.3 is 15.0 Å². The summed E-state index contributed by atoms with van der Waals surface area (Å²) in [6.45, 7) is 11.7. The van der Waals surface area contributed by atoms with E-state index in [2.05, 4.69) is 11.9 Å². The lowest BCUT2D eigenvalue weighted by Crippen LogP contribution is -2.39. The standard InChI is InChI=1S/C12H22N2O3/c1-6-8-14(10(2)15)9-7-13-11(16)17-12(3,4)5/h6H,1,7-9H2,2-5H3,(H,13,16). The predicted octanol–water partition coefficient (Wildman–Crippen LogP) is 1.55. The first-order valence-corrected chi connectivity index (χ1v) is 5.59. The maximum Gasteiger partial charge on any atom is 0.407 e. The molecule has 5 heteroatoms. The van der Waals surface area contributed by atoms with Crippen LogP contribution in [0.15, 0.2) is 12.7 Å². The van der Waals surface area contributed by atoms with Gasteiger partial charge in [0.15, 0.2) is 0 Å². The number of amides is 2. The lowest BCUT2D eigenvalue weighted by Gasteiger charge is -2.22. The molecule has 0 aromatic carbocycles. The van der Waals surface area contributed by atoms with Gasteiger partial charge in [0.05, 0.1) is 0 Å². The van der Waals surface area contributed by atoms with Crippen LogP contribution in [-0.2, 0) is 9.53 Å². The normalized spacial score (nSPS) is 10.6. The van der Waals surface area contributed by atoms with Crippen LogP contribution >= 0.6 is 0 Å². The topological polar surface area (TPSA) is 58.6 Å². The van der Waals surface area contributed by atoms with Crippen molar-refractivity contribution in [3.8, 4) is 0 Å². The van der Waals surface area contributed by atoms with Gasteiger partial charge in [-0.25, -0.2) is 4.79 Å². The smallest absolute Gasteiger partial charge is 0.407 e. The van der Waals surface area contributed by atoms with Gasteiger partial charge in [0.2, 0.25) is 5.91 Å². The maximum absolute atomic E-state index is 11.3. The van der Waals surface area contributed by atoms with Crippen LogP contribution in [0.25, 0.3) is 0 Å². The van der Waals surface area contributed by atoms with Crippen LogP contribution in [0.4, 0.5) is 4.79 Å². The van der Waals surface area contributed by atoms with Gasteiger partial charge in [-0.2, -0.15) is 0 Å². The SMILES string of the molecule is C=CCN(CCNC(=O)OC(C)(C)C)C(C)=O. The van der Waals surface area contributed by atoms with Crippen molar-refractivity contribution in [2.75, 3.05) is 19.6 Å². The van der Waals surface area contributed by atoms with Crippen LogP contribution < -0.4 is 5.32 Å². The first-order valence-electron chi connectivity index (χ1n) is 5.59. The van der Waals surface area contributed by atoms with Gasteiger partial charge in [0.1, 0.15) is 5.60 Å². The summed E-state index contributed by atoms with van der Waals surface area (Å²) in [7, 11) is 0. The quantitative estimate of drug-likeness (QED) is 0.744. The van der Waals surface area contributed by atoms with Crippen molar-refractivity contribution in [1.29, 1.82) is 0 Å². The Kier molecular flexibility index (Phi) is 6.31. The molecule has 0 bridgehead atoms. The second-order valence-corrected chi connectivity index (χ2v) is 4.68. The number of ether oxygens (including phenoxy) is 1. The highest BCUT2D eigenvalue weighted by Gasteiger charge is 2.16. The van der Waals surface area contributed by atoms with Gasteiger partial charge in [-0.15, -0.1) is 6.58 Å². The number of carbonyl (C=O) groups is 2. The number of hydrogen-bond acceptors (Lipinski definition) is 3. The van der Waals surface area contributed by atoms with Crippen LogP contribution in [0, 0.1) is 0 Å². The predicted molar refractivity (Wildman–Crippen MR) is 66.7 cm³/mol. The number of rotatable bonds is 5. The molecule has 1 N–H and O–H groups in total. The van der Waals surface area contributed by atoms with E-state index < -0.39 is 11.7 Å². The van der Waals surface area contributed by atoms with Crippen LogP contribution in [0.2, 0.25) is 0 Å². The molecule has 0 saturated heterocycles. The molecule has 98 valence electrons. The number of carbonyl (C=O) groups excluding carboxylic acids is 2. The third-order valence-corrected chi connectivity index (χ3v) is 1.84. The molecule has 0 aliphatic carbocycles. The van der Waals surface area contributed by atoms with Crippen LogP contribution in [0.5, 0.6) is 0 Å². The van der Waals surface area contributed by atoms with E-state index in [4.69, 9.17) is 4.74 Å². The molecule has 0 saturated carbocycles. The number of nitrogens with one attached hydrogen (secondary N) is 1. The second kappa shape index (κ2) is 6.93. The van der Waals surface area contributed by atoms with Gasteiger partial charge in [0, 0.05) is 26.6 Å². The molecular formula is C12H22N2O3. The Morgan fingerprint density at radius 3 is 2.41 bits per heavy atom. The molecule has 2 amide bonds. The first-order chi connectivity index (χ1) is 7.76. The van der Waals surface area contributed by atoms with Gasteiger partial charge in [0.25, 0.3) is 0 Å². The Morgan fingerprint density at radius 2 is 2.00 bits per heavy atom. The molecule has 0 unspecified atom stereocenters. The summed E-state index contributed by atoms with van der Waals surface area (Å²) >= 11 is 0. The number of alkyl carbamates (subject to hydrolysis) is 1. The van der Waals surface area contributed by atoms with E-state index in [1.165, 1.54) is 6.92 Å². The van der Waals surface area contributed by atoms with Gasteiger partial charge >= 0.3 is 6.09 Å². The van der Waals surface area contributed by atoms with Crippen molar-refractivity contribution in [2.24, 2.45) is 0 Å². The molecule has 5 nitrogen and oxygen atoms in total. The third-order valence-electron chi connectivity index (χ3n) is 1.84. The largest absolute Gasteiger partial charge is 0.444 e. The maximum atomic E-state index is 11.3. The minimum atomic E-state index is -0.508. The fourth-order valence-corrected chi connectivity index (χ4v) is 1.14. The monoisotopic (exact) mass is 242 g/mol. The summed E-state index contributed by atoms with van der Waals surface area (Å²) in [5, 5.41) is 2.59. The lowest BCUT2D eigenvalue weighted by molar-refractivity contribution is -0.128. The summed E-state index contributed by atoms with van der Waals surface area (Å²) in [4.78, 5) is 24.1. The zero-order valence-corrected chi connectivity index (χ0v) is 11.1. The van der Waals surface area contributed by atoms with Crippen molar-refractivity contribution in [1.82, 2.24) is 10.2 Å². The molecule has 0 radical (unpaired) electrons. The molecular weight excluding hydrogens is 220 g/mol. The summed E-state index contributed by atoms with van der Waals surface area (Å²) in [5.41, 5.74) is -0.508. The van der Waals surface area contributed by atoms with E-state index >= 15 is 0 Å². The van der Waals surface area contributed by atoms with E-state index in [9.17, 15) is 9.59 Å². The lowest BCUT2D eigenvalue weighted by atomic mass is 10.2. The highest BCUT2D eigenvalue weighted by molar-refractivity contribution is 5.73. The second-order valence-electron chi connectivity index (χ2n) is 4.68. The molecule has 0 heterocycles. The van der Waals surface area contributed by atoms with Crippen molar-refractivity contribution in [2.45, 2.75) is 33.3 Å². The van der Waals surface area contributed by atoms with Crippen molar-refractivity contribution >= 4 is 12.0 Å². The van der Waals surface area contributed by atoms with Gasteiger partial charge in [-0.1, -0.05) is 6.08 Å². The summed E-state index contributed by atoms with van der Waals surface area (Å²) in [6, 6.07) is 0. The van der Waals surface area contributed by atoms with E-state index in [1.54, 1.807) is 31.7 Å². The van der Waals surface area contributed by atoms with Crippen molar-refractivity contribution in [3.05, 3.63) is 12.7 Å². The van der Waals surface area contributed by atoms with E-state index in [1.807, 2.05) is 0 Å². The Labute approximate surface area is 103 Å². The number of hydrogen-bond donors (Lipinski definition) is 1. The summed E-state index contributed by atoms with van der Waals surface area (Å²) in [5.74, 6) is -0.0455. The van der Waals surface area contributed by atoms with Crippen LogP contribution in [0.1, 0.15) is 27.7 Å². The van der Waals surface area contributed by atoms with E-state index in [-0.39, 0.29) is 5.91 Å². The zero-order valence-electron chi connectivity index (χ0n) is 11.1. The average Bonchev–Trinajstić information content (AvgIpc) is 2.13. The molecule has 17 heavy (non-hydrogen) atoms. The third kappa shape index (κ3) is 8.30. The Morgan fingerprint density at radius 1 is 1.41 bits per heavy atom. The molecule has 0 aromatic heterocycles. The highest BCUT2D eigenvalue weighted by atomic mass is 16.6. The fraction of sp³-hybridized carbons (Fsp3) is 0.667. The molecule has 0 spiro atoms. The fourth-order valence-electron chi connectivity index (χ4n) is 1.14. The Bertz CT molecular complexity index is 282. The molecule has 0 fully saturated rings. The van der Waals surface area contributed by atoms with E-state index in [0.29, 0.717) is 19.6 Å². The van der Waals surface area contributed by atoms with Gasteiger partial charge in [-0.05, 0) is 20.8 Å². The number of nitrogens with zero attached hydrogens (tertiary/aromatic N) is 1. The van der Waals surface area contributed by atoms with Crippen LogP contribution in [0.3, 0.4) is 0 Å². The van der Waals surface area contributed by atoms with Gasteiger partial charge in [-0.3, -0.25) is 4.79 Å². The molecule has 0 rings (SSSR count). The molecule has 0 aliphatic rings. The molecule has 0 aromatic rings. The summed E-state index contributed by atoms with van der Waals surface area (Å²) < 4.78 is 5.07. The van der Waals surface area contributed by atoms with Crippen LogP contribution in [-0.4, -0.2) is 42.1 Å². The van der Waals surface area contributed by atoms with E-state index in [0.717, 1.165) is 0 Å². The summed E-state index contributed by atoms with van der Waals surface area (Å²) in [6.07, 6.45) is 1.18. The van der Waals surface area contributed by atoms with Crippen molar-refractivity contribution in [3.63, 3.8) is 0 Å². The minimum Gasteiger partial charge on any atom is -0.444 e. The highest BCUT2D eigenvalue weighted by Crippen LogP contribution is 2.06. The Balaban J connectivity index is 3.92. The first kappa shape index (κ1) is 15.5. The zero-order chi connectivity index (χ0) is 13.5. The average molecular weight is 242 g/mol. The molecule has 0 aliphatic heterocycles. The molecule has 0 atom stereocenters. The Hall–Kier alpha value is -1.52. The minimum absolute atomic E-state index is 0.0455. The van der Waals surface area contributed by atoms with Crippen molar-refractivity contribution < 1.29 is 14.3 Å².